The summed E-state index contributed by atoms with van der Waals surface area (Å²) >= 11 is 11.1. The van der Waals surface area contributed by atoms with Crippen molar-refractivity contribution in [2.24, 2.45) is 5.73 Å². The maximum absolute atomic E-state index is 6.17. The van der Waals surface area contributed by atoms with Crippen LogP contribution >= 0.6 is 23.8 Å². The van der Waals surface area contributed by atoms with Gasteiger partial charge in [-0.3, -0.25) is 4.90 Å². The molecule has 1 unspecified atom stereocenters. The van der Waals surface area contributed by atoms with Gasteiger partial charge in [0.15, 0.2) is 0 Å². The van der Waals surface area contributed by atoms with Crippen molar-refractivity contribution in [2.75, 3.05) is 38.2 Å². The first-order valence-corrected chi connectivity index (χ1v) is 7.51. The highest BCUT2D eigenvalue weighted by Crippen LogP contribution is 2.21. The Morgan fingerprint density at radius 2 is 2.20 bits per heavy atom. The fraction of sp³-hybridized carbons (Fsp3) is 0.500. The Morgan fingerprint density at radius 1 is 1.50 bits per heavy atom. The number of morpholine rings is 1. The second-order valence-corrected chi connectivity index (χ2v) is 5.86. The summed E-state index contributed by atoms with van der Waals surface area (Å²) in [5, 5.41) is 4.03. The van der Waals surface area contributed by atoms with Gasteiger partial charge in [-0.25, -0.2) is 0 Å². The van der Waals surface area contributed by atoms with Gasteiger partial charge < -0.3 is 15.8 Å². The average Bonchev–Trinajstić information content (AvgIpc) is 2.39. The van der Waals surface area contributed by atoms with Crippen LogP contribution in [-0.2, 0) is 4.74 Å². The maximum atomic E-state index is 6.17. The number of nitrogens with one attached hydrogen (secondary N) is 1. The molecule has 0 spiro atoms. The van der Waals surface area contributed by atoms with Crippen molar-refractivity contribution in [1.82, 2.24) is 4.90 Å². The molecule has 1 heterocycles. The van der Waals surface area contributed by atoms with Crippen molar-refractivity contribution < 1.29 is 4.74 Å². The van der Waals surface area contributed by atoms with E-state index in [2.05, 4.69) is 17.1 Å². The molecule has 0 bridgehead atoms. The molecule has 4 nitrogen and oxygen atoms in total. The van der Waals surface area contributed by atoms with E-state index < -0.39 is 0 Å². The monoisotopic (exact) mass is 313 g/mol. The number of hydrogen-bond donors (Lipinski definition) is 2. The third kappa shape index (κ3) is 4.31. The van der Waals surface area contributed by atoms with Gasteiger partial charge in [0, 0.05) is 36.9 Å². The van der Waals surface area contributed by atoms with Gasteiger partial charge in [0.1, 0.15) is 4.99 Å². The third-order valence-corrected chi connectivity index (χ3v) is 3.82. The molecule has 0 saturated carbocycles. The lowest BCUT2D eigenvalue weighted by molar-refractivity contribution is 0.0368. The van der Waals surface area contributed by atoms with E-state index in [0.29, 0.717) is 21.6 Å². The normalized spacial score (nSPS) is 17.7. The molecule has 1 aromatic rings. The molecule has 6 heteroatoms. The quantitative estimate of drug-likeness (QED) is 0.815. The van der Waals surface area contributed by atoms with Crippen LogP contribution in [0.5, 0.6) is 0 Å². The van der Waals surface area contributed by atoms with Gasteiger partial charge in [0.05, 0.1) is 18.2 Å². The third-order valence-electron chi connectivity index (χ3n) is 3.28. The molecule has 1 fully saturated rings. The topological polar surface area (TPSA) is 50.5 Å². The van der Waals surface area contributed by atoms with Gasteiger partial charge in [0.25, 0.3) is 0 Å². The summed E-state index contributed by atoms with van der Waals surface area (Å²) in [6.07, 6.45) is 0. The highest BCUT2D eigenvalue weighted by Gasteiger charge is 2.14. The van der Waals surface area contributed by atoms with E-state index in [0.717, 1.165) is 38.5 Å². The van der Waals surface area contributed by atoms with E-state index in [1.807, 2.05) is 18.2 Å². The largest absolute Gasteiger partial charge is 0.389 e. The highest BCUT2D eigenvalue weighted by molar-refractivity contribution is 7.80. The summed E-state index contributed by atoms with van der Waals surface area (Å²) in [7, 11) is 0. The first-order valence-electron chi connectivity index (χ1n) is 6.72. The zero-order valence-corrected chi connectivity index (χ0v) is 13.1. The Kier molecular flexibility index (Phi) is 5.60. The summed E-state index contributed by atoms with van der Waals surface area (Å²) in [5.41, 5.74) is 7.30. The Morgan fingerprint density at radius 3 is 2.80 bits per heavy atom. The minimum atomic E-state index is 0.322. The zero-order chi connectivity index (χ0) is 14.5. The number of anilines is 1. The molecule has 1 aliphatic heterocycles. The molecule has 1 atom stereocenters. The molecule has 0 aromatic heterocycles. The lowest BCUT2D eigenvalue weighted by atomic mass is 10.2. The molecule has 3 N–H and O–H groups in total. The smallest absolute Gasteiger partial charge is 0.105 e. The van der Waals surface area contributed by atoms with Crippen molar-refractivity contribution in [3.8, 4) is 0 Å². The van der Waals surface area contributed by atoms with Gasteiger partial charge in [-0.15, -0.1) is 0 Å². The molecule has 110 valence electrons. The van der Waals surface area contributed by atoms with Crippen molar-refractivity contribution in [3.05, 3.63) is 28.8 Å². The number of rotatable bonds is 5. The zero-order valence-electron chi connectivity index (χ0n) is 11.6. The number of nitrogens with zero attached hydrogens (tertiary/aromatic N) is 1. The van der Waals surface area contributed by atoms with Crippen molar-refractivity contribution in [3.63, 3.8) is 0 Å². The standard InChI is InChI=1S/C14H20ClN3OS/c1-10(9-18-4-6-19-7-5-18)17-11-2-3-12(14(16)20)13(15)8-11/h2-3,8,10,17H,4-7,9H2,1H3,(H2,16,20). The Bertz CT molecular complexity index is 477. The van der Waals surface area contributed by atoms with Crippen molar-refractivity contribution >= 4 is 34.5 Å². The number of thiocarbonyl (C=S) groups is 1. The van der Waals surface area contributed by atoms with Crippen LogP contribution in [0.4, 0.5) is 5.69 Å². The maximum Gasteiger partial charge on any atom is 0.105 e. The van der Waals surface area contributed by atoms with Crippen LogP contribution < -0.4 is 11.1 Å². The van der Waals surface area contributed by atoms with Crippen LogP contribution in [0.2, 0.25) is 5.02 Å². The van der Waals surface area contributed by atoms with Crippen molar-refractivity contribution in [2.45, 2.75) is 13.0 Å². The average molecular weight is 314 g/mol. The van der Waals surface area contributed by atoms with Crippen LogP contribution in [0.15, 0.2) is 18.2 Å². The summed E-state index contributed by atoms with van der Waals surface area (Å²) in [5.74, 6) is 0. The Balaban J connectivity index is 1.92. The number of nitrogens with two attached hydrogens (primary N) is 1. The lowest BCUT2D eigenvalue weighted by Gasteiger charge is -2.29. The predicted octanol–water partition coefficient (Wildman–Crippen LogP) is 2.11. The highest BCUT2D eigenvalue weighted by atomic mass is 35.5. The van der Waals surface area contributed by atoms with E-state index in [4.69, 9.17) is 34.3 Å². The Hall–Kier alpha value is -0.880. The Labute approximate surface area is 130 Å². The summed E-state index contributed by atoms with van der Waals surface area (Å²) < 4.78 is 5.35. The second-order valence-electron chi connectivity index (χ2n) is 5.02. The van der Waals surface area contributed by atoms with Gasteiger partial charge in [0.2, 0.25) is 0 Å². The van der Waals surface area contributed by atoms with Gasteiger partial charge in [-0.2, -0.15) is 0 Å². The molecule has 1 aliphatic rings. The summed E-state index contributed by atoms with van der Waals surface area (Å²) in [6.45, 7) is 6.77. The molecular formula is C14H20ClN3OS. The van der Waals surface area contributed by atoms with Crippen LogP contribution in [0.1, 0.15) is 12.5 Å². The molecular weight excluding hydrogens is 294 g/mol. The molecule has 1 saturated heterocycles. The first kappa shape index (κ1) is 15.5. The molecule has 0 amide bonds. The van der Waals surface area contributed by atoms with E-state index >= 15 is 0 Å². The van der Waals surface area contributed by atoms with Crippen LogP contribution in [0, 0.1) is 0 Å². The molecule has 1 aromatic carbocycles. The first-order chi connectivity index (χ1) is 9.56. The molecule has 20 heavy (non-hydrogen) atoms. The molecule has 2 rings (SSSR count). The van der Waals surface area contributed by atoms with Crippen LogP contribution in [0.25, 0.3) is 0 Å². The predicted molar refractivity (Wildman–Crippen MR) is 87.7 cm³/mol. The van der Waals surface area contributed by atoms with Crippen molar-refractivity contribution in [1.29, 1.82) is 0 Å². The minimum Gasteiger partial charge on any atom is -0.389 e. The SMILES string of the molecule is CC(CN1CCOCC1)Nc1ccc(C(N)=S)c(Cl)c1. The lowest BCUT2D eigenvalue weighted by Crippen LogP contribution is -2.42. The van der Waals surface area contributed by atoms with Gasteiger partial charge >= 0.3 is 0 Å². The number of ether oxygens (including phenoxy) is 1. The van der Waals surface area contributed by atoms with E-state index in [9.17, 15) is 0 Å². The van der Waals surface area contributed by atoms with E-state index in [1.54, 1.807) is 0 Å². The van der Waals surface area contributed by atoms with E-state index in [-0.39, 0.29) is 0 Å². The summed E-state index contributed by atoms with van der Waals surface area (Å²) in [4.78, 5) is 2.72. The minimum absolute atomic E-state index is 0.322. The van der Waals surface area contributed by atoms with Crippen LogP contribution in [0.3, 0.4) is 0 Å². The summed E-state index contributed by atoms with van der Waals surface area (Å²) in [6, 6.07) is 6.01. The fourth-order valence-electron chi connectivity index (χ4n) is 2.31. The number of halogens is 1. The van der Waals surface area contributed by atoms with Crippen LogP contribution in [-0.4, -0.2) is 48.8 Å². The van der Waals surface area contributed by atoms with Gasteiger partial charge in [-0.05, 0) is 25.1 Å². The number of hydrogen-bond acceptors (Lipinski definition) is 4. The fourth-order valence-corrected chi connectivity index (χ4v) is 2.82. The van der Waals surface area contributed by atoms with Gasteiger partial charge in [-0.1, -0.05) is 23.8 Å². The molecule has 0 radical (unpaired) electrons. The molecule has 0 aliphatic carbocycles. The number of benzene rings is 1. The van der Waals surface area contributed by atoms with E-state index in [1.165, 1.54) is 0 Å². The second kappa shape index (κ2) is 7.22.